The highest BCUT2D eigenvalue weighted by atomic mass is 35.5. The molecule has 2 rings (SSSR count). The molecule has 1 unspecified atom stereocenters. The Hall–Kier alpha value is -0.530. The number of rotatable bonds is 1. The van der Waals surface area contributed by atoms with Crippen LogP contribution in [0.3, 0.4) is 0 Å². The van der Waals surface area contributed by atoms with Crippen LogP contribution in [0.4, 0.5) is 0 Å². The average molecular weight is 210 g/mol. The highest BCUT2D eigenvalue weighted by molar-refractivity contribution is 6.32. The van der Waals surface area contributed by atoms with Gasteiger partial charge in [-0.25, -0.2) is 0 Å². The summed E-state index contributed by atoms with van der Waals surface area (Å²) in [5.41, 5.74) is 3.84. The van der Waals surface area contributed by atoms with E-state index < -0.39 is 0 Å². The number of hydrogen-bond donors (Lipinski definition) is 1. The topological polar surface area (TPSA) is 12.0 Å². The second kappa shape index (κ2) is 3.92. The van der Waals surface area contributed by atoms with Gasteiger partial charge in [0.05, 0.1) is 0 Å². The molecular weight excluding hydrogens is 194 g/mol. The Kier molecular flexibility index (Phi) is 2.80. The van der Waals surface area contributed by atoms with Gasteiger partial charge in [-0.05, 0) is 43.9 Å². The highest BCUT2D eigenvalue weighted by Gasteiger charge is 2.19. The van der Waals surface area contributed by atoms with E-state index in [1.54, 1.807) is 0 Å². The van der Waals surface area contributed by atoms with Crippen molar-refractivity contribution in [2.45, 2.75) is 26.2 Å². The summed E-state index contributed by atoms with van der Waals surface area (Å²) in [5, 5.41) is 4.34. The van der Waals surface area contributed by atoms with Crippen LogP contribution in [0, 0.1) is 13.8 Å². The van der Waals surface area contributed by atoms with Crippen LogP contribution in [0.15, 0.2) is 12.1 Å². The normalized spacial score (nSPS) is 21.5. The maximum atomic E-state index is 6.32. The van der Waals surface area contributed by atoms with Gasteiger partial charge in [0.15, 0.2) is 0 Å². The molecule has 0 aliphatic carbocycles. The zero-order chi connectivity index (χ0) is 10.1. The lowest BCUT2D eigenvalue weighted by atomic mass is 9.95. The van der Waals surface area contributed by atoms with Gasteiger partial charge in [0.2, 0.25) is 0 Å². The molecule has 1 aromatic carbocycles. The third-order valence-electron chi connectivity index (χ3n) is 2.93. The summed E-state index contributed by atoms with van der Waals surface area (Å²) >= 11 is 6.32. The molecule has 76 valence electrons. The Bertz CT molecular complexity index is 340. The summed E-state index contributed by atoms with van der Waals surface area (Å²) in [4.78, 5) is 0. The molecule has 0 bridgehead atoms. The maximum absolute atomic E-state index is 6.32. The van der Waals surface area contributed by atoms with E-state index in [0.717, 1.165) is 18.1 Å². The lowest BCUT2D eigenvalue weighted by Gasteiger charge is -2.14. The molecule has 0 amide bonds. The first-order chi connectivity index (χ1) is 6.68. The summed E-state index contributed by atoms with van der Waals surface area (Å²) < 4.78 is 0. The number of nitrogens with one attached hydrogen (secondary N) is 1. The first kappa shape index (κ1) is 10.0. The summed E-state index contributed by atoms with van der Waals surface area (Å²) in [6.45, 7) is 6.41. The first-order valence-corrected chi connectivity index (χ1v) is 5.53. The second-order valence-corrected chi connectivity index (χ2v) is 4.55. The fourth-order valence-corrected chi connectivity index (χ4v) is 2.46. The molecule has 1 aliphatic heterocycles. The van der Waals surface area contributed by atoms with Crippen molar-refractivity contribution >= 4 is 11.6 Å². The molecule has 0 aromatic heterocycles. The molecule has 1 fully saturated rings. The summed E-state index contributed by atoms with van der Waals surface area (Å²) in [6, 6.07) is 4.38. The van der Waals surface area contributed by atoms with Gasteiger partial charge in [0, 0.05) is 11.6 Å². The quantitative estimate of drug-likeness (QED) is 0.750. The van der Waals surface area contributed by atoms with Gasteiger partial charge in [-0.3, -0.25) is 0 Å². The average Bonchev–Trinajstić information content (AvgIpc) is 2.63. The van der Waals surface area contributed by atoms with E-state index in [-0.39, 0.29) is 0 Å². The predicted molar refractivity (Wildman–Crippen MR) is 61.2 cm³/mol. The first-order valence-electron chi connectivity index (χ1n) is 5.16. The van der Waals surface area contributed by atoms with E-state index in [0.29, 0.717) is 5.92 Å². The van der Waals surface area contributed by atoms with Gasteiger partial charge in [-0.2, -0.15) is 0 Å². The number of halogens is 1. The van der Waals surface area contributed by atoms with E-state index in [1.165, 1.54) is 23.1 Å². The van der Waals surface area contributed by atoms with Gasteiger partial charge in [-0.15, -0.1) is 0 Å². The van der Waals surface area contributed by atoms with Crippen molar-refractivity contribution in [1.82, 2.24) is 5.32 Å². The van der Waals surface area contributed by atoms with Crippen molar-refractivity contribution in [2.75, 3.05) is 13.1 Å². The SMILES string of the molecule is Cc1cc(C)c(Cl)c(C2CCNC2)c1. The Balaban J connectivity index is 2.40. The van der Waals surface area contributed by atoms with Gasteiger partial charge >= 0.3 is 0 Å². The molecule has 1 atom stereocenters. The Labute approximate surface area is 90.5 Å². The van der Waals surface area contributed by atoms with Gasteiger partial charge in [-0.1, -0.05) is 29.3 Å². The van der Waals surface area contributed by atoms with Crippen LogP contribution >= 0.6 is 11.6 Å². The molecule has 1 heterocycles. The zero-order valence-corrected chi connectivity index (χ0v) is 9.49. The third-order valence-corrected chi connectivity index (χ3v) is 3.44. The lowest BCUT2D eigenvalue weighted by Crippen LogP contribution is -2.08. The van der Waals surface area contributed by atoms with Crippen LogP contribution in [0.25, 0.3) is 0 Å². The number of benzene rings is 1. The van der Waals surface area contributed by atoms with E-state index >= 15 is 0 Å². The van der Waals surface area contributed by atoms with Gasteiger partial charge < -0.3 is 5.32 Å². The second-order valence-electron chi connectivity index (χ2n) is 4.17. The van der Waals surface area contributed by atoms with Crippen molar-refractivity contribution in [3.63, 3.8) is 0 Å². The fourth-order valence-electron chi connectivity index (χ4n) is 2.20. The van der Waals surface area contributed by atoms with Crippen molar-refractivity contribution in [1.29, 1.82) is 0 Å². The summed E-state index contributed by atoms with van der Waals surface area (Å²) in [7, 11) is 0. The van der Waals surface area contributed by atoms with Crippen LogP contribution in [0.2, 0.25) is 5.02 Å². The molecule has 1 N–H and O–H groups in total. The number of hydrogen-bond acceptors (Lipinski definition) is 1. The van der Waals surface area contributed by atoms with Gasteiger partial charge in [0.25, 0.3) is 0 Å². The van der Waals surface area contributed by atoms with E-state index in [1.807, 2.05) is 0 Å². The molecule has 0 radical (unpaired) electrons. The van der Waals surface area contributed by atoms with E-state index in [4.69, 9.17) is 11.6 Å². The molecule has 14 heavy (non-hydrogen) atoms. The number of aryl methyl sites for hydroxylation is 2. The molecule has 0 saturated carbocycles. The van der Waals surface area contributed by atoms with Crippen LogP contribution in [0.5, 0.6) is 0 Å². The summed E-state index contributed by atoms with van der Waals surface area (Å²) in [5.74, 6) is 0.612. The molecular formula is C12H16ClN. The molecule has 0 spiro atoms. The Morgan fingerprint density at radius 2 is 2.14 bits per heavy atom. The van der Waals surface area contributed by atoms with Crippen LogP contribution in [0.1, 0.15) is 29.0 Å². The van der Waals surface area contributed by atoms with Crippen molar-refractivity contribution in [3.05, 3.63) is 33.8 Å². The largest absolute Gasteiger partial charge is 0.316 e. The van der Waals surface area contributed by atoms with E-state index in [9.17, 15) is 0 Å². The Morgan fingerprint density at radius 3 is 2.79 bits per heavy atom. The predicted octanol–water partition coefficient (Wildman–Crippen LogP) is 3.03. The molecule has 2 heteroatoms. The van der Waals surface area contributed by atoms with Crippen LogP contribution < -0.4 is 5.32 Å². The smallest absolute Gasteiger partial charge is 0.0470 e. The minimum absolute atomic E-state index is 0.612. The van der Waals surface area contributed by atoms with E-state index in [2.05, 4.69) is 31.3 Å². The lowest BCUT2D eigenvalue weighted by molar-refractivity contribution is 0.762. The van der Waals surface area contributed by atoms with Crippen LogP contribution in [-0.2, 0) is 0 Å². The molecule has 1 nitrogen and oxygen atoms in total. The summed E-state index contributed by atoms with van der Waals surface area (Å²) in [6.07, 6.45) is 1.21. The maximum Gasteiger partial charge on any atom is 0.0470 e. The van der Waals surface area contributed by atoms with Crippen molar-refractivity contribution in [2.24, 2.45) is 0 Å². The van der Waals surface area contributed by atoms with Gasteiger partial charge in [0.1, 0.15) is 0 Å². The van der Waals surface area contributed by atoms with Crippen molar-refractivity contribution < 1.29 is 0 Å². The monoisotopic (exact) mass is 209 g/mol. The standard InChI is InChI=1S/C12H16ClN/c1-8-5-9(2)12(13)11(6-8)10-3-4-14-7-10/h5-6,10,14H,3-4,7H2,1-2H3. The minimum atomic E-state index is 0.612. The minimum Gasteiger partial charge on any atom is -0.316 e. The fraction of sp³-hybridized carbons (Fsp3) is 0.500. The molecule has 1 saturated heterocycles. The zero-order valence-electron chi connectivity index (χ0n) is 8.73. The van der Waals surface area contributed by atoms with Crippen molar-refractivity contribution in [3.8, 4) is 0 Å². The molecule has 1 aromatic rings. The third kappa shape index (κ3) is 1.79. The highest BCUT2D eigenvalue weighted by Crippen LogP contribution is 2.32. The van der Waals surface area contributed by atoms with Crippen LogP contribution in [-0.4, -0.2) is 13.1 Å². The Morgan fingerprint density at radius 1 is 1.36 bits per heavy atom. The molecule has 1 aliphatic rings.